The number of nitrogens with zero attached hydrogens (tertiary/aromatic N) is 3. The zero-order valence-corrected chi connectivity index (χ0v) is 12.9. The summed E-state index contributed by atoms with van der Waals surface area (Å²) in [5.41, 5.74) is 3.95. The molecule has 4 heteroatoms. The molecule has 1 aliphatic carbocycles. The highest BCUT2D eigenvalue weighted by Gasteiger charge is 2.19. The first-order chi connectivity index (χ1) is 9.08. The molecule has 0 saturated heterocycles. The van der Waals surface area contributed by atoms with Crippen LogP contribution in [0.25, 0.3) is 0 Å². The highest BCUT2D eigenvalue weighted by Crippen LogP contribution is 2.18. The van der Waals surface area contributed by atoms with Gasteiger partial charge in [0.25, 0.3) is 0 Å². The Hall–Kier alpha value is -0.870. The second-order valence-corrected chi connectivity index (χ2v) is 5.91. The van der Waals surface area contributed by atoms with Crippen LogP contribution in [0.2, 0.25) is 0 Å². The van der Waals surface area contributed by atoms with E-state index in [0.29, 0.717) is 0 Å². The van der Waals surface area contributed by atoms with Crippen LogP contribution >= 0.6 is 0 Å². The second-order valence-electron chi connectivity index (χ2n) is 5.91. The molecule has 0 unspecified atom stereocenters. The maximum atomic E-state index is 4.48. The van der Waals surface area contributed by atoms with E-state index in [-0.39, 0.29) is 0 Å². The van der Waals surface area contributed by atoms with Gasteiger partial charge in [0.05, 0.1) is 5.69 Å². The first-order valence-electron chi connectivity index (χ1n) is 7.49. The van der Waals surface area contributed by atoms with Crippen LogP contribution in [0.1, 0.15) is 36.2 Å². The third kappa shape index (κ3) is 4.32. The van der Waals surface area contributed by atoms with E-state index in [1.807, 2.05) is 11.7 Å². The molecule has 0 amide bonds. The van der Waals surface area contributed by atoms with E-state index in [0.717, 1.165) is 25.6 Å². The van der Waals surface area contributed by atoms with E-state index in [2.05, 4.69) is 36.2 Å². The Morgan fingerprint density at radius 2 is 2.05 bits per heavy atom. The Labute approximate surface area is 117 Å². The molecular weight excluding hydrogens is 236 g/mol. The number of rotatable bonds is 8. The fourth-order valence-electron chi connectivity index (χ4n) is 2.56. The normalized spacial score (nSPS) is 15.4. The van der Waals surface area contributed by atoms with Crippen LogP contribution in [0.15, 0.2) is 0 Å². The Morgan fingerprint density at radius 3 is 2.63 bits per heavy atom. The summed E-state index contributed by atoms with van der Waals surface area (Å²) in [4.78, 5) is 2.43. The van der Waals surface area contributed by atoms with Gasteiger partial charge in [-0.25, -0.2) is 0 Å². The van der Waals surface area contributed by atoms with Gasteiger partial charge in [-0.05, 0) is 58.7 Å². The third-order valence-electron chi connectivity index (χ3n) is 4.13. The van der Waals surface area contributed by atoms with Crippen LogP contribution in [0, 0.1) is 13.8 Å². The molecule has 1 aromatic heterocycles. The maximum absolute atomic E-state index is 4.48. The van der Waals surface area contributed by atoms with Gasteiger partial charge in [-0.1, -0.05) is 0 Å². The number of nitrogens with one attached hydrogen (secondary N) is 1. The van der Waals surface area contributed by atoms with E-state index in [1.54, 1.807) is 0 Å². The summed E-state index contributed by atoms with van der Waals surface area (Å²) in [6, 6.07) is 0.828. The number of likely N-dealkylation sites (N-methyl/N-ethyl adjacent to an activating group) is 1. The van der Waals surface area contributed by atoms with Gasteiger partial charge >= 0.3 is 0 Å². The monoisotopic (exact) mass is 264 g/mol. The molecule has 0 radical (unpaired) electrons. The van der Waals surface area contributed by atoms with Gasteiger partial charge in [0.15, 0.2) is 0 Å². The molecule has 1 heterocycles. The summed E-state index contributed by atoms with van der Waals surface area (Å²) in [5, 5.41) is 8.04. The Balaban J connectivity index is 1.64. The van der Waals surface area contributed by atoms with E-state index in [1.165, 1.54) is 42.8 Å². The predicted octanol–water partition coefficient (Wildman–Crippen LogP) is 1.65. The van der Waals surface area contributed by atoms with Gasteiger partial charge in [-0.2, -0.15) is 5.10 Å². The lowest BCUT2D eigenvalue weighted by atomic mass is 10.1. The average Bonchev–Trinajstić information content (AvgIpc) is 3.13. The van der Waals surface area contributed by atoms with Gasteiger partial charge in [0, 0.05) is 31.9 Å². The molecule has 19 heavy (non-hydrogen) atoms. The van der Waals surface area contributed by atoms with Crippen molar-refractivity contribution in [3.8, 4) is 0 Å². The summed E-state index contributed by atoms with van der Waals surface area (Å²) in [6.07, 6.45) is 5.12. The molecular formula is C15H28N4. The van der Waals surface area contributed by atoms with E-state index in [4.69, 9.17) is 0 Å². The zero-order valence-electron chi connectivity index (χ0n) is 12.9. The molecule has 0 spiro atoms. The molecule has 0 aliphatic heterocycles. The number of aromatic nitrogens is 2. The summed E-state index contributed by atoms with van der Waals surface area (Å²) in [5.74, 6) is 0. The molecule has 1 aromatic rings. The number of hydrogen-bond acceptors (Lipinski definition) is 3. The largest absolute Gasteiger partial charge is 0.313 e. The van der Waals surface area contributed by atoms with Gasteiger partial charge in [-0.3, -0.25) is 4.68 Å². The highest BCUT2D eigenvalue weighted by molar-refractivity contribution is 5.24. The Morgan fingerprint density at radius 1 is 1.32 bits per heavy atom. The fourth-order valence-corrected chi connectivity index (χ4v) is 2.56. The number of hydrogen-bond donors (Lipinski definition) is 1. The van der Waals surface area contributed by atoms with E-state index in [9.17, 15) is 0 Å². The van der Waals surface area contributed by atoms with Crippen LogP contribution in [0.3, 0.4) is 0 Å². The van der Waals surface area contributed by atoms with Crippen molar-refractivity contribution >= 4 is 0 Å². The highest BCUT2D eigenvalue weighted by atomic mass is 15.3. The Kier molecular flexibility index (Phi) is 4.99. The van der Waals surface area contributed by atoms with Crippen molar-refractivity contribution in [2.24, 2.45) is 7.05 Å². The first kappa shape index (κ1) is 14.5. The molecule has 2 rings (SSSR count). The predicted molar refractivity (Wildman–Crippen MR) is 79.5 cm³/mol. The SMILES string of the molecule is Cc1nn(C)c(C)c1CCCN(C)CCNC1CC1. The topological polar surface area (TPSA) is 33.1 Å². The minimum absolute atomic E-state index is 0.828. The van der Waals surface area contributed by atoms with Gasteiger partial charge in [-0.15, -0.1) is 0 Å². The van der Waals surface area contributed by atoms with Crippen molar-refractivity contribution in [1.82, 2.24) is 20.0 Å². The second kappa shape index (κ2) is 6.53. The van der Waals surface area contributed by atoms with Crippen molar-refractivity contribution in [2.75, 3.05) is 26.7 Å². The molecule has 0 atom stereocenters. The van der Waals surface area contributed by atoms with Crippen LogP contribution < -0.4 is 5.32 Å². The maximum Gasteiger partial charge on any atom is 0.0628 e. The molecule has 108 valence electrons. The molecule has 4 nitrogen and oxygen atoms in total. The summed E-state index contributed by atoms with van der Waals surface area (Å²) >= 11 is 0. The minimum Gasteiger partial charge on any atom is -0.313 e. The molecule has 1 aliphatic rings. The quantitative estimate of drug-likeness (QED) is 0.775. The van der Waals surface area contributed by atoms with Crippen LogP contribution in [0.5, 0.6) is 0 Å². The lowest BCUT2D eigenvalue weighted by Crippen LogP contribution is -2.31. The first-order valence-corrected chi connectivity index (χ1v) is 7.49. The van der Waals surface area contributed by atoms with Crippen LogP contribution in [0.4, 0.5) is 0 Å². The molecule has 0 bridgehead atoms. The molecule has 1 N–H and O–H groups in total. The van der Waals surface area contributed by atoms with Crippen molar-refractivity contribution in [2.45, 2.75) is 45.6 Å². The van der Waals surface area contributed by atoms with Gasteiger partial charge < -0.3 is 10.2 Å². The van der Waals surface area contributed by atoms with Crippen molar-refractivity contribution < 1.29 is 0 Å². The smallest absolute Gasteiger partial charge is 0.0628 e. The van der Waals surface area contributed by atoms with Crippen molar-refractivity contribution in [1.29, 1.82) is 0 Å². The van der Waals surface area contributed by atoms with E-state index >= 15 is 0 Å². The number of aryl methyl sites for hydroxylation is 2. The fraction of sp³-hybridized carbons (Fsp3) is 0.800. The van der Waals surface area contributed by atoms with Crippen molar-refractivity contribution in [3.63, 3.8) is 0 Å². The van der Waals surface area contributed by atoms with Gasteiger partial charge in [0.2, 0.25) is 0 Å². The summed E-state index contributed by atoms with van der Waals surface area (Å²) in [7, 11) is 4.25. The Bertz CT molecular complexity index is 407. The van der Waals surface area contributed by atoms with Crippen molar-refractivity contribution in [3.05, 3.63) is 17.0 Å². The third-order valence-corrected chi connectivity index (χ3v) is 4.13. The minimum atomic E-state index is 0.828. The molecule has 1 fully saturated rings. The standard InChI is InChI=1S/C15H28N4/c1-12-15(13(2)19(4)17-12)6-5-10-18(3)11-9-16-14-7-8-14/h14,16H,5-11H2,1-4H3. The zero-order chi connectivity index (χ0) is 13.8. The average molecular weight is 264 g/mol. The molecule has 0 aromatic carbocycles. The van der Waals surface area contributed by atoms with E-state index < -0.39 is 0 Å². The summed E-state index contributed by atoms with van der Waals surface area (Å²) < 4.78 is 1.99. The van der Waals surface area contributed by atoms with Crippen LogP contribution in [-0.4, -0.2) is 47.4 Å². The lowest BCUT2D eigenvalue weighted by Gasteiger charge is -2.16. The lowest BCUT2D eigenvalue weighted by molar-refractivity contribution is 0.326. The van der Waals surface area contributed by atoms with Gasteiger partial charge in [0.1, 0.15) is 0 Å². The van der Waals surface area contributed by atoms with Crippen LogP contribution in [-0.2, 0) is 13.5 Å². The molecule has 1 saturated carbocycles. The summed E-state index contributed by atoms with van der Waals surface area (Å²) in [6.45, 7) is 7.73.